The van der Waals surface area contributed by atoms with Crippen molar-refractivity contribution in [3.63, 3.8) is 0 Å². The summed E-state index contributed by atoms with van der Waals surface area (Å²) in [5.41, 5.74) is 2.16. The minimum Gasteiger partial charge on any atom is -0.361 e. The summed E-state index contributed by atoms with van der Waals surface area (Å²) >= 11 is 6.07. The molecule has 4 rings (SSSR count). The molecule has 1 aliphatic rings. The zero-order valence-electron chi connectivity index (χ0n) is 14.4. The molecule has 2 aromatic heterocycles. The second-order valence-electron chi connectivity index (χ2n) is 6.59. The summed E-state index contributed by atoms with van der Waals surface area (Å²) in [6, 6.07) is 5.63. The third kappa shape index (κ3) is 3.50. The Morgan fingerprint density at radius 1 is 1.46 bits per heavy atom. The number of nitrogens with one attached hydrogen (secondary N) is 3. The number of amides is 2. The lowest BCUT2D eigenvalue weighted by Crippen LogP contribution is -2.38. The van der Waals surface area contributed by atoms with E-state index in [4.69, 9.17) is 11.6 Å². The lowest BCUT2D eigenvalue weighted by Gasteiger charge is -2.14. The number of carbonyl (C=O) groups excluding carboxylic acids is 1. The van der Waals surface area contributed by atoms with Gasteiger partial charge in [0.1, 0.15) is 0 Å². The highest BCUT2D eigenvalue weighted by Crippen LogP contribution is 2.35. The molecule has 1 unspecified atom stereocenters. The fourth-order valence-electron chi connectivity index (χ4n) is 3.05. The van der Waals surface area contributed by atoms with Crippen LogP contribution in [0.25, 0.3) is 10.9 Å². The molecule has 0 spiro atoms. The van der Waals surface area contributed by atoms with Crippen LogP contribution in [0.4, 0.5) is 4.79 Å². The van der Waals surface area contributed by atoms with Gasteiger partial charge < -0.3 is 15.6 Å². The number of tetrazole rings is 1. The van der Waals surface area contributed by atoms with Gasteiger partial charge in [0.25, 0.3) is 0 Å². The molecule has 3 N–H and O–H groups in total. The highest BCUT2D eigenvalue weighted by Gasteiger charge is 2.29. The number of benzene rings is 1. The van der Waals surface area contributed by atoms with E-state index in [1.807, 2.05) is 31.3 Å². The van der Waals surface area contributed by atoms with E-state index >= 15 is 0 Å². The van der Waals surface area contributed by atoms with Gasteiger partial charge in [0.05, 0.1) is 12.1 Å². The van der Waals surface area contributed by atoms with Crippen LogP contribution >= 0.6 is 11.6 Å². The van der Waals surface area contributed by atoms with Crippen molar-refractivity contribution in [1.82, 2.24) is 35.8 Å². The predicted octanol–water partition coefficient (Wildman–Crippen LogP) is 2.75. The predicted molar refractivity (Wildman–Crippen MR) is 98.1 cm³/mol. The van der Waals surface area contributed by atoms with Gasteiger partial charge in [0.2, 0.25) is 0 Å². The average molecular weight is 374 g/mol. The fourth-order valence-corrected chi connectivity index (χ4v) is 3.22. The van der Waals surface area contributed by atoms with Crippen LogP contribution in [-0.4, -0.2) is 37.8 Å². The van der Waals surface area contributed by atoms with Gasteiger partial charge in [-0.1, -0.05) is 11.6 Å². The molecule has 1 aliphatic carbocycles. The van der Waals surface area contributed by atoms with E-state index in [9.17, 15) is 4.79 Å². The molecule has 8 nitrogen and oxygen atoms in total. The molecular weight excluding hydrogens is 354 g/mol. The zero-order valence-corrected chi connectivity index (χ0v) is 15.1. The van der Waals surface area contributed by atoms with Gasteiger partial charge in [-0.2, -0.15) is 0 Å². The molecule has 2 heterocycles. The van der Waals surface area contributed by atoms with Gasteiger partial charge in [0, 0.05) is 28.7 Å². The van der Waals surface area contributed by atoms with E-state index in [1.165, 1.54) is 0 Å². The fraction of sp³-hybridized carbons (Fsp3) is 0.412. The van der Waals surface area contributed by atoms with Crippen LogP contribution in [0, 0.1) is 0 Å². The third-order valence-corrected chi connectivity index (χ3v) is 4.79. The van der Waals surface area contributed by atoms with Crippen molar-refractivity contribution in [2.24, 2.45) is 0 Å². The third-order valence-electron chi connectivity index (χ3n) is 4.56. The Morgan fingerprint density at radius 2 is 2.31 bits per heavy atom. The first-order valence-corrected chi connectivity index (χ1v) is 9.07. The Bertz CT molecular complexity index is 930. The first-order valence-electron chi connectivity index (χ1n) is 8.69. The normalized spacial score (nSPS) is 15.2. The molecule has 2 amide bonds. The second kappa shape index (κ2) is 6.95. The van der Waals surface area contributed by atoms with E-state index in [0.29, 0.717) is 29.9 Å². The molecule has 9 heteroatoms. The van der Waals surface area contributed by atoms with Gasteiger partial charge >= 0.3 is 6.03 Å². The highest BCUT2D eigenvalue weighted by molar-refractivity contribution is 6.31. The molecule has 1 atom stereocenters. The molecule has 0 radical (unpaired) electrons. The smallest absolute Gasteiger partial charge is 0.315 e. The number of hydrogen-bond donors (Lipinski definition) is 3. The Balaban J connectivity index is 1.31. The van der Waals surface area contributed by atoms with Crippen LogP contribution in [0.1, 0.15) is 43.2 Å². The van der Waals surface area contributed by atoms with Crippen LogP contribution in [0.15, 0.2) is 24.4 Å². The lowest BCUT2D eigenvalue weighted by atomic mass is 10.1. The van der Waals surface area contributed by atoms with Crippen LogP contribution < -0.4 is 10.6 Å². The number of urea groups is 1. The number of rotatable bonds is 6. The van der Waals surface area contributed by atoms with Crippen LogP contribution in [-0.2, 0) is 6.42 Å². The quantitative estimate of drug-likeness (QED) is 0.618. The summed E-state index contributed by atoms with van der Waals surface area (Å²) in [6.45, 7) is 2.40. The number of halogens is 1. The Morgan fingerprint density at radius 3 is 3.12 bits per heavy atom. The number of hydrogen-bond acceptors (Lipinski definition) is 4. The van der Waals surface area contributed by atoms with Gasteiger partial charge in [-0.3, -0.25) is 0 Å². The van der Waals surface area contributed by atoms with Crippen molar-refractivity contribution in [2.75, 3.05) is 6.54 Å². The Hall–Kier alpha value is -2.61. The molecule has 0 saturated heterocycles. The van der Waals surface area contributed by atoms with Crippen molar-refractivity contribution in [3.05, 3.63) is 40.8 Å². The van der Waals surface area contributed by atoms with Crippen LogP contribution in [0.5, 0.6) is 0 Å². The average Bonchev–Trinajstić information content (AvgIpc) is 3.20. The molecule has 26 heavy (non-hydrogen) atoms. The number of nitrogens with zero attached hydrogens (tertiary/aromatic N) is 4. The van der Waals surface area contributed by atoms with Crippen molar-refractivity contribution >= 4 is 28.5 Å². The summed E-state index contributed by atoms with van der Waals surface area (Å²) in [7, 11) is 0. The minimum absolute atomic E-state index is 0.235. The molecule has 0 aliphatic heterocycles. The van der Waals surface area contributed by atoms with Gasteiger partial charge in [-0.15, -0.1) is 5.10 Å². The zero-order chi connectivity index (χ0) is 18.1. The summed E-state index contributed by atoms with van der Waals surface area (Å²) in [5, 5.41) is 19.3. The number of H-pyrrole nitrogens is 1. The maximum Gasteiger partial charge on any atom is 0.315 e. The number of fused-ring (bicyclic) bond motifs is 1. The van der Waals surface area contributed by atoms with Gasteiger partial charge in [-0.05, 0) is 60.4 Å². The molecule has 0 bridgehead atoms. The van der Waals surface area contributed by atoms with E-state index in [2.05, 4.69) is 31.1 Å². The molecule has 136 valence electrons. The van der Waals surface area contributed by atoms with Crippen molar-refractivity contribution < 1.29 is 4.79 Å². The van der Waals surface area contributed by atoms with E-state index in [1.54, 1.807) is 4.68 Å². The SMILES string of the molecule is CC(NC(=O)NCCc1c[nH]c2ccc(Cl)cc12)c1nnnn1C1CC1. The number of aromatic amines is 1. The second-order valence-corrected chi connectivity index (χ2v) is 7.03. The van der Waals surface area contributed by atoms with E-state index in [-0.39, 0.29) is 12.1 Å². The summed E-state index contributed by atoms with van der Waals surface area (Å²) in [5.74, 6) is 0.689. The van der Waals surface area contributed by atoms with Crippen molar-refractivity contribution in [1.29, 1.82) is 0 Å². The van der Waals surface area contributed by atoms with Gasteiger partial charge in [0.15, 0.2) is 5.82 Å². The monoisotopic (exact) mass is 373 g/mol. The van der Waals surface area contributed by atoms with E-state index < -0.39 is 0 Å². The lowest BCUT2D eigenvalue weighted by molar-refractivity contribution is 0.237. The summed E-state index contributed by atoms with van der Waals surface area (Å²) < 4.78 is 1.81. The standard InChI is InChI=1S/C17H20ClN7O/c1-10(16-22-23-24-25(16)13-3-4-13)21-17(26)19-7-6-11-9-20-15-5-2-12(18)8-14(11)15/h2,5,8-10,13,20H,3-4,6-7H2,1H3,(H2,19,21,26). The molecule has 1 saturated carbocycles. The number of aromatic nitrogens is 5. The first kappa shape index (κ1) is 16.8. The largest absolute Gasteiger partial charge is 0.361 e. The molecule has 1 aromatic carbocycles. The minimum atomic E-state index is -0.252. The maximum absolute atomic E-state index is 12.2. The maximum atomic E-state index is 12.2. The molecule has 1 fully saturated rings. The summed E-state index contributed by atoms with van der Waals surface area (Å²) in [4.78, 5) is 15.4. The van der Waals surface area contributed by atoms with Crippen LogP contribution in [0.3, 0.4) is 0 Å². The Kier molecular flexibility index (Phi) is 4.50. The van der Waals surface area contributed by atoms with E-state index in [0.717, 1.165) is 29.3 Å². The Labute approximate surface area is 155 Å². The topological polar surface area (TPSA) is 101 Å². The highest BCUT2D eigenvalue weighted by atomic mass is 35.5. The summed E-state index contributed by atoms with van der Waals surface area (Å²) in [6.07, 6.45) is 4.84. The number of carbonyl (C=O) groups is 1. The van der Waals surface area contributed by atoms with Crippen molar-refractivity contribution in [2.45, 2.75) is 38.3 Å². The molecular formula is C17H20ClN7O. The van der Waals surface area contributed by atoms with Crippen molar-refractivity contribution in [3.8, 4) is 0 Å². The first-order chi connectivity index (χ1) is 12.6. The molecule has 3 aromatic rings. The van der Waals surface area contributed by atoms with Crippen LogP contribution in [0.2, 0.25) is 5.02 Å². The van der Waals surface area contributed by atoms with Gasteiger partial charge in [-0.25, -0.2) is 9.48 Å².